The van der Waals surface area contributed by atoms with Crippen LogP contribution >= 0.6 is 0 Å². The van der Waals surface area contributed by atoms with Gasteiger partial charge in [-0.15, -0.1) is 0 Å². The van der Waals surface area contributed by atoms with Crippen LogP contribution in [-0.2, 0) is 19.6 Å². The van der Waals surface area contributed by atoms with Crippen LogP contribution in [0.5, 0.6) is 0 Å². The fraction of sp³-hybridized carbons (Fsp3) is 0.417. The molecule has 3 N–H and O–H groups in total. The first-order chi connectivity index (χ1) is 9.79. The zero-order valence-corrected chi connectivity index (χ0v) is 11.9. The molecule has 1 aromatic rings. The Morgan fingerprint density at radius 1 is 1.57 bits per heavy atom. The molecule has 0 saturated carbocycles. The first-order valence-corrected chi connectivity index (χ1v) is 7.83. The average Bonchev–Trinajstić information content (AvgIpc) is 2.79. The van der Waals surface area contributed by atoms with Crippen LogP contribution in [0.1, 0.15) is 24.4 Å². The van der Waals surface area contributed by atoms with Gasteiger partial charge in [-0.3, -0.25) is 14.6 Å². The molecule has 2 heterocycles. The maximum absolute atomic E-state index is 12.0. The molecule has 2 atom stereocenters. The lowest BCUT2D eigenvalue weighted by Crippen LogP contribution is -2.35. The van der Waals surface area contributed by atoms with Gasteiger partial charge in [0.1, 0.15) is 5.25 Å². The van der Waals surface area contributed by atoms with Crippen molar-refractivity contribution in [3.05, 3.63) is 30.1 Å². The predicted octanol–water partition coefficient (Wildman–Crippen LogP) is -0.513. The van der Waals surface area contributed by atoms with E-state index in [2.05, 4.69) is 4.98 Å². The van der Waals surface area contributed by atoms with Crippen LogP contribution in [0.15, 0.2) is 24.5 Å². The molecular weight excluding hydrogens is 298 g/mol. The number of rotatable bonds is 5. The quantitative estimate of drug-likeness (QED) is 0.752. The molecule has 1 aromatic heterocycles. The van der Waals surface area contributed by atoms with E-state index in [1.54, 1.807) is 12.1 Å². The van der Waals surface area contributed by atoms with Crippen molar-refractivity contribution in [3.8, 4) is 0 Å². The van der Waals surface area contributed by atoms with Gasteiger partial charge < -0.3 is 10.0 Å². The van der Waals surface area contributed by atoms with Gasteiger partial charge in [-0.1, -0.05) is 6.07 Å². The molecule has 2 rings (SSSR count). The largest absolute Gasteiger partial charge is 0.481 e. The Kier molecular flexibility index (Phi) is 4.24. The number of aliphatic carboxylic acids is 1. The summed E-state index contributed by atoms with van der Waals surface area (Å²) in [5.74, 6) is -1.51. The summed E-state index contributed by atoms with van der Waals surface area (Å²) in [6.45, 7) is -0.107. The second-order valence-corrected chi connectivity index (χ2v) is 6.71. The molecule has 9 heteroatoms. The molecule has 8 nitrogen and oxygen atoms in total. The summed E-state index contributed by atoms with van der Waals surface area (Å²) in [6, 6.07) is 2.52. The summed E-state index contributed by atoms with van der Waals surface area (Å²) < 4.78 is 22.8. The van der Waals surface area contributed by atoms with Crippen LogP contribution in [0.2, 0.25) is 0 Å². The van der Waals surface area contributed by atoms with Crippen LogP contribution in [-0.4, -0.2) is 47.1 Å². The molecule has 1 aliphatic heterocycles. The summed E-state index contributed by atoms with van der Waals surface area (Å²) in [5, 5.41) is 13.1. The van der Waals surface area contributed by atoms with Crippen molar-refractivity contribution < 1.29 is 23.1 Å². The van der Waals surface area contributed by atoms with Crippen molar-refractivity contribution in [1.29, 1.82) is 0 Å². The summed E-state index contributed by atoms with van der Waals surface area (Å²) in [4.78, 5) is 28.2. The van der Waals surface area contributed by atoms with E-state index < -0.39 is 33.2 Å². The predicted molar refractivity (Wildman–Crippen MR) is 72.5 cm³/mol. The SMILES string of the molecule is NS(=O)(=O)C1CC(=O)N(C(CC(=O)O)c2cccnc2)C1. The van der Waals surface area contributed by atoms with Gasteiger partial charge in [-0.2, -0.15) is 0 Å². The van der Waals surface area contributed by atoms with Crippen molar-refractivity contribution in [2.75, 3.05) is 6.54 Å². The number of nitrogens with two attached hydrogens (primary N) is 1. The number of sulfonamides is 1. The second kappa shape index (κ2) is 5.78. The highest BCUT2D eigenvalue weighted by atomic mass is 32.2. The van der Waals surface area contributed by atoms with E-state index in [1.807, 2.05) is 0 Å². The van der Waals surface area contributed by atoms with Gasteiger partial charge in [0.05, 0.1) is 12.5 Å². The molecule has 0 aliphatic carbocycles. The van der Waals surface area contributed by atoms with Crippen LogP contribution < -0.4 is 5.14 Å². The second-order valence-electron chi connectivity index (χ2n) is 4.86. The molecule has 0 aromatic carbocycles. The van der Waals surface area contributed by atoms with Crippen LogP contribution in [0, 0.1) is 0 Å². The van der Waals surface area contributed by atoms with Gasteiger partial charge in [0, 0.05) is 25.4 Å². The van der Waals surface area contributed by atoms with Crippen molar-refractivity contribution >= 4 is 21.9 Å². The maximum atomic E-state index is 12.0. The molecule has 114 valence electrons. The maximum Gasteiger partial charge on any atom is 0.305 e. The lowest BCUT2D eigenvalue weighted by atomic mass is 10.0. The van der Waals surface area contributed by atoms with Gasteiger partial charge in [0.25, 0.3) is 0 Å². The van der Waals surface area contributed by atoms with Crippen LogP contribution in [0.25, 0.3) is 0 Å². The molecule has 21 heavy (non-hydrogen) atoms. The third-order valence-corrected chi connectivity index (χ3v) is 4.65. The van der Waals surface area contributed by atoms with Gasteiger partial charge in [-0.25, -0.2) is 13.6 Å². The Balaban J connectivity index is 2.30. The fourth-order valence-corrected chi connectivity index (χ4v) is 3.11. The first-order valence-electron chi connectivity index (χ1n) is 6.22. The number of nitrogens with zero attached hydrogens (tertiary/aromatic N) is 2. The number of likely N-dealkylation sites (tertiary alicyclic amines) is 1. The molecule has 1 amide bonds. The number of pyridine rings is 1. The lowest BCUT2D eigenvalue weighted by Gasteiger charge is -2.27. The summed E-state index contributed by atoms with van der Waals surface area (Å²) in [7, 11) is -3.84. The molecule has 0 radical (unpaired) electrons. The van der Waals surface area contributed by atoms with E-state index in [0.717, 1.165) is 0 Å². The highest BCUT2D eigenvalue weighted by molar-refractivity contribution is 7.89. The number of hydrogen-bond acceptors (Lipinski definition) is 5. The molecule has 0 spiro atoms. The van der Waals surface area contributed by atoms with E-state index >= 15 is 0 Å². The minimum atomic E-state index is -3.84. The van der Waals surface area contributed by atoms with Crippen molar-refractivity contribution in [3.63, 3.8) is 0 Å². The smallest absolute Gasteiger partial charge is 0.305 e. The third-order valence-electron chi connectivity index (χ3n) is 3.40. The van der Waals surface area contributed by atoms with E-state index in [-0.39, 0.29) is 19.4 Å². The lowest BCUT2D eigenvalue weighted by molar-refractivity contribution is -0.139. The Morgan fingerprint density at radius 3 is 2.76 bits per heavy atom. The molecule has 0 bridgehead atoms. The van der Waals surface area contributed by atoms with Gasteiger partial charge >= 0.3 is 5.97 Å². The Bertz CT molecular complexity index is 646. The Labute approximate surface area is 121 Å². The monoisotopic (exact) mass is 313 g/mol. The molecule has 1 saturated heterocycles. The Morgan fingerprint density at radius 2 is 2.29 bits per heavy atom. The summed E-state index contributed by atoms with van der Waals surface area (Å²) in [6.07, 6.45) is 2.44. The first kappa shape index (κ1) is 15.4. The molecular formula is C12H15N3O5S. The fourth-order valence-electron chi connectivity index (χ4n) is 2.37. The van der Waals surface area contributed by atoms with Gasteiger partial charge in [0.15, 0.2) is 0 Å². The normalized spacial score (nSPS) is 20.5. The number of carboxylic acids is 1. The van der Waals surface area contributed by atoms with E-state index in [4.69, 9.17) is 10.2 Å². The topological polar surface area (TPSA) is 131 Å². The minimum absolute atomic E-state index is 0.107. The number of amides is 1. The third kappa shape index (κ3) is 3.56. The number of aromatic nitrogens is 1. The molecule has 2 unspecified atom stereocenters. The van der Waals surface area contributed by atoms with Gasteiger partial charge in [-0.05, 0) is 11.6 Å². The van der Waals surface area contributed by atoms with Gasteiger partial charge in [0.2, 0.25) is 15.9 Å². The Hall–Kier alpha value is -2.00. The van der Waals surface area contributed by atoms with Crippen LogP contribution in [0.4, 0.5) is 0 Å². The zero-order valence-electron chi connectivity index (χ0n) is 11.0. The zero-order chi connectivity index (χ0) is 15.6. The number of carbonyl (C=O) groups excluding carboxylic acids is 1. The van der Waals surface area contributed by atoms with E-state index in [1.165, 1.54) is 17.3 Å². The number of carboxylic acid groups (broad SMARTS) is 1. The standard InChI is InChI=1S/C12H15N3O5S/c13-21(19,20)9-4-11(16)15(7-9)10(5-12(17)18)8-2-1-3-14-6-8/h1-3,6,9-10H,4-5,7H2,(H,17,18)(H2,13,19,20). The minimum Gasteiger partial charge on any atom is -0.481 e. The van der Waals surface area contributed by atoms with Crippen molar-refractivity contribution in [1.82, 2.24) is 9.88 Å². The van der Waals surface area contributed by atoms with E-state index in [9.17, 15) is 18.0 Å². The van der Waals surface area contributed by atoms with Crippen molar-refractivity contribution in [2.45, 2.75) is 24.1 Å². The number of carbonyl (C=O) groups is 2. The van der Waals surface area contributed by atoms with E-state index in [0.29, 0.717) is 5.56 Å². The number of primary sulfonamides is 1. The molecule has 1 aliphatic rings. The summed E-state index contributed by atoms with van der Waals surface area (Å²) in [5.41, 5.74) is 0.545. The highest BCUT2D eigenvalue weighted by Crippen LogP contribution is 2.30. The highest BCUT2D eigenvalue weighted by Gasteiger charge is 2.40. The molecule has 1 fully saturated rings. The summed E-state index contributed by atoms with van der Waals surface area (Å²) >= 11 is 0. The number of hydrogen-bond donors (Lipinski definition) is 2. The average molecular weight is 313 g/mol. The van der Waals surface area contributed by atoms with Crippen molar-refractivity contribution in [2.24, 2.45) is 5.14 Å². The van der Waals surface area contributed by atoms with Crippen LogP contribution in [0.3, 0.4) is 0 Å².